The third-order valence-corrected chi connectivity index (χ3v) is 6.95. The van der Waals surface area contributed by atoms with E-state index in [-0.39, 0.29) is 16.9 Å². The summed E-state index contributed by atoms with van der Waals surface area (Å²) in [4.78, 5) is 15.5. The Morgan fingerprint density at radius 1 is 1.17 bits per heavy atom. The number of rotatable bonds is 5. The molecule has 3 aliphatic rings. The number of ether oxygens (including phenoxy) is 1. The van der Waals surface area contributed by atoms with Crippen LogP contribution in [0.1, 0.15) is 69.1 Å². The molecule has 3 heterocycles. The molecule has 1 aliphatic carbocycles. The fraction of sp³-hybridized carbons (Fsp3) is 0.625. The maximum atomic E-state index is 13.5. The largest absolute Gasteiger partial charge is 0.376 e. The standard InChI is InChI=1S/C24H32N4O2/c1-23(2)17-24(10-13-30-23,14-18-6-4-3-5-7-18)15-21(29)27-11-12-28-20(16-27)25-26-22(28)19-8-9-19/h3-7,19H,8-17H2,1-2H3. The SMILES string of the molecule is CC1(C)CC(CC(=O)N2CCn3c(nnc3C3CC3)C2)(Cc2ccccc2)CCO1. The molecule has 1 aromatic heterocycles. The van der Waals surface area contributed by atoms with Crippen molar-refractivity contribution in [3.05, 3.63) is 47.5 Å². The first-order valence-electron chi connectivity index (χ1n) is 11.3. The van der Waals surface area contributed by atoms with Crippen LogP contribution in [-0.4, -0.2) is 44.3 Å². The van der Waals surface area contributed by atoms with Crippen molar-refractivity contribution in [3.8, 4) is 0 Å². The smallest absolute Gasteiger partial charge is 0.223 e. The minimum absolute atomic E-state index is 0.0650. The van der Waals surface area contributed by atoms with E-state index in [0.29, 0.717) is 25.5 Å². The quantitative estimate of drug-likeness (QED) is 0.757. The van der Waals surface area contributed by atoms with Crippen molar-refractivity contribution in [3.63, 3.8) is 0 Å². The van der Waals surface area contributed by atoms with Crippen LogP contribution < -0.4 is 0 Å². The van der Waals surface area contributed by atoms with Gasteiger partial charge >= 0.3 is 0 Å². The van der Waals surface area contributed by atoms with Gasteiger partial charge < -0.3 is 14.2 Å². The van der Waals surface area contributed by atoms with Gasteiger partial charge in [-0.3, -0.25) is 4.79 Å². The Balaban J connectivity index is 1.33. The lowest BCUT2D eigenvalue weighted by Gasteiger charge is -2.45. The molecule has 0 spiro atoms. The van der Waals surface area contributed by atoms with Gasteiger partial charge in [0, 0.05) is 32.0 Å². The number of carbonyl (C=O) groups excluding carboxylic acids is 1. The molecule has 2 fully saturated rings. The molecular weight excluding hydrogens is 376 g/mol. The van der Waals surface area contributed by atoms with Crippen LogP contribution in [0.15, 0.2) is 30.3 Å². The summed E-state index contributed by atoms with van der Waals surface area (Å²) in [6.07, 6.45) is 5.76. The van der Waals surface area contributed by atoms with Crippen LogP contribution in [0.4, 0.5) is 0 Å². The Kier molecular flexibility index (Phi) is 4.92. The molecule has 160 valence electrons. The monoisotopic (exact) mass is 408 g/mol. The maximum absolute atomic E-state index is 13.5. The van der Waals surface area contributed by atoms with E-state index in [1.165, 1.54) is 18.4 Å². The molecule has 2 aliphatic heterocycles. The average Bonchev–Trinajstić information content (AvgIpc) is 3.46. The van der Waals surface area contributed by atoms with Gasteiger partial charge in [0.25, 0.3) is 0 Å². The van der Waals surface area contributed by atoms with Crippen molar-refractivity contribution in [1.82, 2.24) is 19.7 Å². The normalized spacial score (nSPS) is 25.7. The summed E-state index contributed by atoms with van der Waals surface area (Å²) in [6.45, 7) is 7.18. The molecule has 1 unspecified atom stereocenters. The second-order valence-electron chi connectivity index (χ2n) is 10.1. The van der Waals surface area contributed by atoms with E-state index in [1.807, 2.05) is 4.90 Å². The van der Waals surface area contributed by atoms with Gasteiger partial charge in [0.2, 0.25) is 5.91 Å². The maximum Gasteiger partial charge on any atom is 0.223 e. The lowest BCUT2D eigenvalue weighted by atomic mass is 9.68. The first-order valence-corrected chi connectivity index (χ1v) is 11.3. The minimum Gasteiger partial charge on any atom is -0.376 e. The lowest BCUT2D eigenvalue weighted by Crippen LogP contribution is -2.47. The molecule has 0 radical (unpaired) electrons. The van der Waals surface area contributed by atoms with Crippen LogP contribution in [0.3, 0.4) is 0 Å². The first kappa shape index (κ1) is 19.7. The molecule has 1 saturated heterocycles. The highest BCUT2D eigenvalue weighted by Crippen LogP contribution is 2.45. The topological polar surface area (TPSA) is 60.2 Å². The molecule has 30 heavy (non-hydrogen) atoms. The number of hydrogen-bond acceptors (Lipinski definition) is 4. The molecule has 1 saturated carbocycles. The van der Waals surface area contributed by atoms with E-state index in [2.05, 4.69) is 58.9 Å². The Morgan fingerprint density at radius 3 is 2.70 bits per heavy atom. The molecule has 6 nitrogen and oxygen atoms in total. The van der Waals surface area contributed by atoms with Crippen molar-refractivity contribution in [2.45, 2.75) is 77.0 Å². The predicted octanol–water partition coefficient (Wildman–Crippen LogP) is 3.71. The number of benzene rings is 1. The lowest BCUT2D eigenvalue weighted by molar-refractivity contribution is -0.143. The summed E-state index contributed by atoms with van der Waals surface area (Å²) in [5, 5.41) is 8.82. The van der Waals surface area contributed by atoms with Gasteiger partial charge in [-0.25, -0.2) is 0 Å². The summed E-state index contributed by atoms with van der Waals surface area (Å²) in [7, 11) is 0. The minimum atomic E-state index is -0.200. The zero-order chi connectivity index (χ0) is 20.8. The molecule has 6 heteroatoms. The number of carbonyl (C=O) groups is 1. The summed E-state index contributed by atoms with van der Waals surface area (Å²) in [6, 6.07) is 10.6. The van der Waals surface area contributed by atoms with Crippen molar-refractivity contribution < 1.29 is 9.53 Å². The van der Waals surface area contributed by atoms with Gasteiger partial charge in [-0.2, -0.15) is 0 Å². The van der Waals surface area contributed by atoms with Crippen LogP contribution >= 0.6 is 0 Å². The summed E-state index contributed by atoms with van der Waals surface area (Å²) < 4.78 is 8.27. The zero-order valence-corrected chi connectivity index (χ0v) is 18.1. The number of amides is 1. The fourth-order valence-corrected chi connectivity index (χ4v) is 5.45. The first-order chi connectivity index (χ1) is 14.4. The average molecular weight is 409 g/mol. The Hall–Kier alpha value is -2.21. The van der Waals surface area contributed by atoms with Crippen molar-refractivity contribution in [1.29, 1.82) is 0 Å². The van der Waals surface area contributed by atoms with Gasteiger partial charge in [-0.05, 0) is 56.9 Å². The molecule has 0 bridgehead atoms. The van der Waals surface area contributed by atoms with Crippen LogP contribution in [0.25, 0.3) is 0 Å². The van der Waals surface area contributed by atoms with E-state index in [0.717, 1.165) is 44.0 Å². The molecule has 5 rings (SSSR count). The Bertz CT molecular complexity index is 919. The van der Waals surface area contributed by atoms with E-state index >= 15 is 0 Å². The molecule has 1 aromatic carbocycles. The summed E-state index contributed by atoms with van der Waals surface area (Å²) >= 11 is 0. The fourth-order valence-electron chi connectivity index (χ4n) is 5.45. The van der Waals surface area contributed by atoms with Crippen LogP contribution in [0.5, 0.6) is 0 Å². The van der Waals surface area contributed by atoms with Crippen molar-refractivity contribution >= 4 is 5.91 Å². The summed E-state index contributed by atoms with van der Waals surface area (Å²) in [5.41, 5.74) is 1.04. The predicted molar refractivity (Wildman–Crippen MR) is 114 cm³/mol. The van der Waals surface area contributed by atoms with Gasteiger partial charge in [-0.15, -0.1) is 10.2 Å². The number of aromatic nitrogens is 3. The van der Waals surface area contributed by atoms with Crippen molar-refractivity contribution in [2.75, 3.05) is 13.2 Å². The van der Waals surface area contributed by atoms with Gasteiger partial charge in [0.05, 0.1) is 12.1 Å². The highest BCUT2D eigenvalue weighted by molar-refractivity contribution is 5.77. The molecular formula is C24H32N4O2. The van der Waals surface area contributed by atoms with E-state index in [4.69, 9.17) is 4.74 Å². The van der Waals surface area contributed by atoms with Crippen molar-refractivity contribution in [2.24, 2.45) is 5.41 Å². The molecule has 1 atom stereocenters. The number of fused-ring (bicyclic) bond motifs is 1. The molecule has 1 amide bonds. The Labute approximate surface area is 178 Å². The van der Waals surface area contributed by atoms with Gasteiger partial charge in [0.15, 0.2) is 5.82 Å². The third-order valence-electron chi connectivity index (χ3n) is 6.95. The van der Waals surface area contributed by atoms with E-state index in [9.17, 15) is 4.79 Å². The second kappa shape index (κ2) is 7.49. The van der Waals surface area contributed by atoms with Crippen LogP contribution in [0.2, 0.25) is 0 Å². The van der Waals surface area contributed by atoms with E-state index in [1.54, 1.807) is 0 Å². The zero-order valence-electron chi connectivity index (χ0n) is 18.1. The highest BCUT2D eigenvalue weighted by atomic mass is 16.5. The second-order valence-corrected chi connectivity index (χ2v) is 10.1. The molecule has 2 aromatic rings. The number of hydrogen-bond donors (Lipinski definition) is 0. The van der Waals surface area contributed by atoms with Crippen LogP contribution in [-0.2, 0) is 29.0 Å². The van der Waals surface area contributed by atoms with Gasteiger partial charge in [0.1, 0.15) is 5.82 Å². The Morgan fingerprint density at radius 2 is 1.97 bits per heavy atom. The molecule has 0 N–H and O–H groups in total. The number of nitrogens with zero attached hydrogens (tertiary/aromatic N) is 4. The van der Waals surface area contributed by atoms with Gasteiger partial charge in [-0.1, -0.05) is 30.3 Å². The highest BCUT2D eigenvalue weighted by Gasteiger charge is 2.43. The third kappa shape index (κ3) is 4.02. The van der Waals surface area contributed by atoms with Crippen LogP contribution in [0, 0.1) is 5.41 Å². The summed E-state index contributed by atoms with van der Waals surface area (Å²) in [5.74, 6) is 2.91. The van der Waals surface area contributed by atoms with E-state index < -0.39 is 0 Å².